The molecular formula is C26H28N2O. The zero-order valence-electron chi connectivity index (χ0n) is 17.2. The first kappa shape index (κ1) is 19.3. The van der Waals surface area contributed by atoms with Crippen molar-refractivity contribution in [2.75, 3.05) is 0 Å². The van der Waals surface area contributed by atoms with Gasteiger partial charge in [-0.05, 0) is 54.7 Å². The normalized spacial score (nSPS) is 11.4. The van der Waals surface area contributed by atoms with Crippen molar-refractivity contribution in [3.05, 3.63) is 82.9 Å². The predicted molar refractivity (Wildman–Crippen MR) is 121 cm³/mol. The second-order valence-electron chi connectivity index (χ2n) is 7.89. The summed E-state index contributed by atoms with van der Waals surface area (Å²) in [4.78, 5) is 12.1. The SMILES string of the molecule is CCCCCc1ccc2c3c(C(N)=O)cccc3n(Cc3ccccc3C)c2c1. The number of nitrogens with two attached hydrogens (primary N) is 1. The lowest BCUT2D eigenvalue weighted by molar-refractivity contribution is 0.100. The number of carbonyl (C=O) groups is 1. The molecule has 0 aliphatic rings. The molecule has 148 valence electrons. The van der Waals surface area contributed by atoms with Gasteiger partial charge in [-0.2, -0.15) is 0 Å². The highest BCUT2D eigenvalue weighted by molar-refractivity contribution is 6.18. The van der Waals surface area contributed by atoms with Crippen LogP contribution in [0, 0.1) is 6.92 Å². The van der Waals surface area contributed by atoms with E-state index in [0.29, 0.717) is 5.56 Å². The van der Waals surface area contributed by atoms with E-state index in [1.807, 2.05) is 12.1 Å². The van der Waals surface area contributed by atoms with Crippen LogP contribution in [0.1, 0.15) is 53.2 Å². The molecule has 0 spiro atoms. The van der Waals surface area contributed by atoms with Crippen LogP contribution in [0.3, 0.4) is 0 Å². The molecule has 0 unspecified atom stereocenters. The number of hydrogen-bond donors (Lipinski definition) is 1. The van der Waals surface area contributed by atoms with Gasteiger partial charge in [-0.25, -0.2) is 0 Å². The van der Waals surface area contributed by atoms with Crippen LogP contribution in [-0.2, 0) is 13.0 Å². The second kappa shape index (κ2) is 8.12. The lowest BCUT2D eigenvalue weighted by Gasteiger charge is -2.11. The van der Waals surface area contributed by atoms with E-state index >= 15 is 0 Å². The highest BCUT2D eigenvalue weighted by Crippen LogP contribution is 2.33. The van der Waals surface area contributed by atoms with Gasteiger partial charge in [-0.15, -0.1) is 0 Å². The maximum atomic E-state index is 12.1. The number of hydrogen-bond acceptors (Lipinski definition) is 1. The number of benzene rings is 3. The van der Waals surface area contributed by atoms with Gasteiger partial charge in [0.05, 0.1) is 5.52 Å². The number of aryl methyl sites for hydroxylation is 2. The topological polar surface area (TPSA) is 48.0 Å². The largest absolute Gasteiger partial charge is 0.366 e. The van der Waals surface area contributed by atoms with Crippen LogP contribution in [0.25, 0.3) is 21.8 Å². The molecule has 0 aliphatic heterocycles. The smallest absolute Gasteiger partial charge is 0.249 e. The minimum atomic E-state index is -0.377. The van der Waals surface area contributed by atoms with Gasteiger partial charge in [0, 0.05) is 28.4 Å². The monoisotopic (exact) mass is 384 g/mol. The van der Waals surface area contributed by atoms with Crippen molar-refractivity contribution in [3.63, 3.8) is 0 Å². The zero-order valence-corrected chi connectivity index (χ0v) is 17.2. The van der Waals surface area contributed by atoms with Crippen molar-refractivity contribution >= 4 is 27.7 Å². The summed E-state index contributed by atoms with van der Waals surface area (Å²) in [5.41, 5.74) is 12.4. The summed E-state index contributed by atoms with van der Waals surface area (Å²) in [6.07, 6.45) is 4.75. The van der Waals surface area contributed by atoms with Crippen LogP contribution in [-0.4, -0.2) is 10.5 Å². The molecule has 0 saturated carbocycles. The van der Waals surface area contributed by atoms with Crippen molar-refractivity contribution in [1.29, 1.82) is 0 Å². The molecule has 0 atom stereocenters. The molecule has 3 nitrogen and oxygen atoms in total. The van der Waals surface area contributed by atoms with E-state index in [1.54, 1.807) is 0 Å². The number of rotatable bonds is 7. The number of nitrogens with zero attached hydrogens (tertiary/aromatic N) is 1. The van der Waals surface area contributed by atoms with Crippen molar-refractivity contribution in [3.8, 4) is 0 Å². The Bertz CT molecular complexity index is 1190. The molecule has 1 heterocycles. The standard InChI is InChI=1S/C26H28N2O/c1-3-4-5-10-19-14-15-21-24(16-19)28(17-20-11-7-6-9-18(20)2)23-13-8-12-22(25(21)23)26(27)29/h6-9,11-16H,3-5,10,17H2,1-2H3,(H2,27,29). The fourth-order valence-corrected chi connectivity index (χ4v) is 4.26. The van der Waals surface area contributed by atoms with E-state index in [4.69, 9.17) is 5.73 Å². The molecule has 0 saturated heterocycles. The quantitative estimate of drug-likeness (QED) is 0.391. The Hall–Kier alpha value is -3.07. The van der Waals surface area contributed by atoms with Crippen molar-refractivity contribution in [1.82, 2.24) is 4.57 Å². The molecule has 2 N–H and O–H groups in total. The number of aromatic nitrogens is 1. The number of amides is 1. The number of carbonyl (C=O) groups excluding carboxylic acids is 1. The van der Waals surface area contributed by atoms with Crippen LogP contribution in [0.15, 0.2) is 60.7 Å². The highest BCUT2D eigenvalue weighted by atomic mass is 16.1. The van der Waals surface area contributed by atoms with E-state index in [1.165, 1.54) is 41.5 Å². The average molecular weight is 385 g/mol. The van der Waals surface area contributed by atoms with E-state index in [9.17, 15) is 4.79 Å². The molecule has 0 radical (unpaired) electrons. The van der Waals surface area contributed by atoms with Gasteiger partial charge in [0.25, 0.3) is 0 Å². The van der Waals surface area contributed by atoms with Gasteiger partial charge >= 0.3 is 0 Å². The Morgan fingerprint density at radius 2 is 1.79 bits per heavy atom. The van der Waals surface area contributed by atoms with Crippen LogP contribution < -0.4 is 5.73 Å². The van der Waals surface area contributed by atoms with Gasteiger partial charge < -0.3 is 10.3 Å². The second-order valence-corrected chi connectivity index (χ2v) is 7.89. The van der Waals surface area contributed by atoms with Crippen molar-refractivity contribution < 1.29 is 4.79 Å². The van der Waals surface area contributed by atoms with Gasteiger partial charge in [0.15, 0.2) is 0 Å². The lowest BCUT2D eigenvalue weighted by Crippen LogP contribution is -2.11. The Kier molecular flexibility index (Phi) is 5.39. The van der Waals surface area contributed by atoms with Gasteiger partial charge in [0.2, 0.25) is 5.91 Å². The molecule has 3 aromatic carbocycles. The Balaban J connectivity index is 1.94. The van der Waals surface area contributed by atoms with Crippen molar-refractivity contribution in [2.24, 2.45) is 5.73 Å². The number of fused-ring (bicyclic) bond motifs is 3. The molecule has 0 bridgehead atoms. The Morgan fingerprint density at radius 1 is 0.966 bits per heavy atom. The number of unbranched alkanes of at least 4 members (excludes halogenated alkanes) is 2. The van der Waals surface area contributed by atoms with Crippen LogP contribution in [0.5, 0.6) is 0 Å². The molecule has 1 amide bonds. The third-order valence-electron chi connectivity index (χ3n) is 5.88. The minimum absolute atomic E-state index is 0.377. The minimum Gasteiger partial charge on any atom is -0.366 e. The van der Waals surface area contributed by atoms with Crippen molar-refractivity contribution in [2.45, 2.75) is 46.1 Å². The highest BCUT2D eigenvalue weighted by Gasteiger charge is 2.17. The maximum absolute atomic E-state index is 12.1. The summed E-state index contributed by atoms with van der Waals surface area (Å²) in [5.74, 6) is -0.377. The van der Waals surface area contributed by atoms with E-state index in [0.717, 1.165) is 29.3 Å². The van der Waals surface area contributed by atoms with Gasteiger partial charge in [-0.1, -0.05) is 62.2 Å². The summed E-state index contributed by atoms with van der Waals surface area (Å²) in [5, 5.41) is 2.06. The number of primary amides is 1. The molecule has 0 fully saturated rings. The van der Waals surface area contributed by atoms with Crippen LogP contribution >= 0.6 is 0 Å². The third-order valence-corrected chi connectivity index (χ3v) is 5.88. The third kappa shape index (κ3) is 3.65. The fourth-order valence-electron chi connectivity index (χ4n) is 4.26. The first-order chi connectivity index (χ1) is 14.1. The lowest BCUT2D eigenvalue weighted by atomic mass is 10.0. The Labute approximate surface area is 172 Å². The average Bonchev–Trinajstić information content (AvgIpc) is 3.03. The zero-order chi connectivity index (χ0) is 20.4. The predicted octanol–water partition coefficient (Wildman–Crippen LogP) is 5.98. The van der Waals surface area contributed by atoms with Crippen LogP contribution in [0.2, 0.25) is 0 Å². The van der Waals surface area contributed by atoms with E-state index < -0.39 is 0 Å². The molecule has 3 heteroatoms. The Morgan fingerprint density at radius 3 is 2.55 bits per heavy atom. The molecule has 29 heavy (non-hydrogen) atoms. The first-order valence-electron chi connectivity index (χ1n) is 10.5. The summed E-state index contributed by atoms with van der Waals surface area (Å²) in [6.45, 7) is 5.15. The summed E-state index contributed by atoms with van der Waals surface area (Å²) in [7, 11) is 0. The summed E-state index contributed by atoms with van der Waals surface area (Å²) in [6, 6.07) is 21.0. The molecule has 4 aromatic rings. The van der Waals surface area contributed by atoms with Gasteiger partial charge in [0.1, 0.15) is 0 Å². The maximum Gasteiger partial charge on any atom is 0.249 e. The molecule has 0 aliphatic carbocycles. The van der Waals surface area contributed by atoms with E-state index in [-0.39, 0.29) is 5.91 Å². The summed E-state index contributed by atoms with van der Waals surface area (Å²) < 4.78 is 2.34. The fraction of sp³-hybridized carbons (Fsp3) is 0.269. The summed E-state index contributed by atoms with van der Waals surface area (Å²) >= 11 is 0. The molecule has 1 aromatic heterocycles. The van der Waals surface area contributed by atoms with Crippen LogP contribution in [0.4, 0.5) is 0 Å². The molecule has 4 rings (SSSR count). The first-order valence-corrected chi connectivity index (χ1v) is 10.5. The van der Waals surface area contributed by atoms with E-state index in [2.05, 4.69) is 66.9 Å². The van der Waals surface area contributed by atoms with Gasteiger partial charge in [-0.3, -0.25) is 4.79 Å². The molecular weight excluding hydrogens is 356 g/mol.